The van der Waals surface area contributed by atoms with Gasteiger partial charge >= 0.3 is 0 Å². The predicted octanol–water partition coefficient (Wildman–Crippen LogP) is 0.668. The number of rotatable bonds is 6. The average Bonchev–Trinajstić information content (AvgIpc) is 3.13. The second-order valence-corrected chi connectivity index (χ2v) is 5.34. The standard InChI is InChI=1S/C14H21N3O/c1-17(9-11-7-8-11)10-14(16,13(15)18)12-5-3-2-4-6-12/h2-6,11H,7-10,16H2,1H3,(H2,15,18). The summed E-state index contributed by atoms with van der Waals surface area (Å²) in [6.07, 6.45) is 2.56. The molecule has 1 atom stereocenters. The number of hydrogen-bond donors (Lipinski definition) is 2. The van der Waals surface area contributed by atoms with E-state index in [1.807, 2.05) is 37.4 Å². The molecule has 18 heavy (non-hydrogen) atoms. The highest BCUT2D eigenvalue weighted by Crippen LogP contribution is 2.30. The van der Waals surface area contributed by atoms with Crippen molar-refractivity contribution in [1.82, 2.24) is 4.90 Å². The zero-order valence-corrected chi connectivity index (χ0v) is 10.8. The van der Waals surface area contributed by atoms with Crippen molar-refractivity contribution >= 4 is 5.91 Å². The van der Waals surface area contributed by atoms with Gasteiger partial charge in [-0.15, -0.1) is 0 Å². The van der Waals surface area contributed by atoms with Crippen LogP contribution in [0.4, 0.5) is 0 Å². The molecule has 1 amide bonds. The molecular formula is C14H21N3O. The molecule has 0 saturated heterocycles. The maximum absolute atomic E-state index is 11.7. The molecule has 1 saturated carbocycles. The van der Waals surface area contributed by atoms with Gasteiger partial charge in [0.05, 0.1) is 0 Å². The molecule has 4 heteroatoms. The number of primary amides is 1. The molecule has 0 bridgehead atoms. The Balaban J connectivity index is 2.13. The van der Waals surface area contributed by atoms with Gasteiger partial charge in [0.15, 0.2) is 0 Å². The number of likely N-dealkylation sites (N-methyl/N-ethyl adjacent to an activating group) is 1. The van der Waals surface area contributed by atoms with E-state index in [0.29, 0.717) is 6.54 Å². The lowest BCUT2D eigenvalue weighted by atomic mass is 9.89. The molecule has 1 aromatic rings. The van der Waals surface area contributed by atoms with E-state index in [0.717, 1.165) is 18.0 Å². The quantitative estimate of drug-likeness (QED) is 0.776. The third-order valence-electron chi connectivity index (χ3n) is 3.51. The van der Waals surface area contributed by atoms with E-state index in [1.165, 1.54) is 12.8 Å². The summed E-state index contributed by atoms with van der Waals surface area (Å²) in [6, 6.07) is 9.37. The third kappa shape index (κ3) is 2.89. The lowest BCUT2D eigenvalue weighted by Crippen LogP contribution is -2.56. The van der Waals surface area contributed by atoms with E-state index in [1.54, 1.807) is 0 Å². The van der Waals surface area contributed by atoms with Gasteiger partial charge in [-0.2, -0.15) is 0 Å². The summed E-state index contributed by atoms with van der Waals surface area (Å²) in [5.41, 5.74) is 11.4. The molecule has 0 aromatic heterocycles. The number of carbonyl (C=O) groups is 1. The molecule has 4 N–H and O–H groups in total. The number of amides is 1. The van der Waals surface area contributed by atoms with Gasteiger partial charge < -0.3 is 16.4 Å². The van der Waals surface area contributed by atoms with Crippen LogP contribution in [-0.2, 0) is 10.3 Å². The SMILES string of the molecule is CN(CC1CC1)CC(N)(C(N)=O)c1ccccc1. The molecule has 0 radical (unpaired) electrons. The topological polar surface area (TPSA) is 72.3 Å². The van der Waals surface area contributed by atoms with Gasteiger partial charge in [0, 0.05) is 13.1 Å². The van der Waals surface area contributed by atoms with Crippen molar-refractivity contribution in [3.05, 3.63) is 35.9 Å². The molecule has 0 spiro atoms. The van der Waals surface area contributed by atoms with Crippen LogP contribution in [0.25, 0.3) is 0 Å². The van der Waals surface area contributed by atoms with Gasteiger partial charge in [-0.05, 0) is 31.4 Å². The highest BCUT2D eigenvalue weighted by Gasteiger charge is 2.36. The van der Waals surface area contributed by atoms with Gasteiger partial charge in [0.2, 0.25) is 5.91 Å². The van der Waals surface area contributed by atoms with E-state index in [9.17, 15) is 4.79 Å². The summed E-state index contributed by atoms with van der Waals surface area (Å²) in [6.45, 7) is 1.45. The number of carbonyl (C=O) groups excluding carboxylic acids is 1. The van der Waals surface area contributed by atoms with E-state index < -0.39 is 11.4 Å². The van der Waals surface area contributed by atoms with E-state index in [4.69, 9.17) is 11.5 Å². The van der Waals surface area contributed by atoms with Gasteiger partial charge in [-0.25, -0.2) is 0 Å². The fraction of sp³-hybridized carbons (Fsp3) is 0.500. The number of nitrogens with zero attached hydrogens (tertiary/aromatic N) is 1. The Morgan fingerprint density at radius 1 is 1.39 bits per heavy atom. The van der Waals surface area contributed by atoms with Crippen LogP contribution < -0.4 is 11.5 Å². The van der Waals surface area contributed by atoms with Gasteiger partial charge in [-0.3, -0.25) is 4.79 Å². The molecule has 2 rings (SSSR count). The summed E-state index contributed by atoms with van der Waals surface area (Å²) in [5.74, 6) is 0.291. The van der Waals surface area contributed by atoms with Crippen molar-refractivity contribution in [3.63, 3.8) is 0 Å². The zero-order valence-electron chi connectivity index (χ0n) is 10.8. The van der Waals surface area contributed by atoms with Gasteiger partial charge in [-0.1, -0.05) is 30.3 Å². The van der Waals surface area contributed by atoms with Gasteiger partial charge in [0.1, 0.15) is 5.54 Å². The molecule has 1 aromatic carbocycles. The van der Waals surface area contributed by atoms with Crippen LogP contribution in [0.3, 0.4) is 0 Å². The Labute approximate surface area is 108 Å². The zero-order chi connectivity index (χ0) is 13.2. The fourth-order valence-corrected chi connectivity index (χ4v) is 2.28. The summed E-state index contributed by atoms with van der Waals surface area (Å²) in [4.78, 5) is 13.8. The highest BCUT2D eigenvalue weighted by molar-refractivity contribution is 5.86. The molecule has 98 valence electrons. The highest BCUT2D eigenvalue weighted by atomic mass is 16.1. The molecule has 0 heterocycles. The van der Waals surface area contributed by atoms with Crippen molar-refractivity contribution in [2.24, 2.45) is 17.4 Å². The van der Waals surface area contributed by atoms with Crippen LogP contribution in [0.5, 0.6) is 0 Å². The van der Waals surface area contributed by atoms with Crippen LogP contribution in [0.2, 0.25) is 0 Å². The summed E-state index contributed by atoms with van der Waals surface area (Å²) >= 11 is 0. The fourth-order valence-electron chi connectivity index (χ4n) is 2.28. The van der Waals surface area contributed by atoms with Crippen LogP contribution in [0.1, 0.15) is 18.4 Å². The smallest absolute Gasteiger partial charge is 0.243 e. The Hall–Kier alpha value is -1.39. The molecule has 1 aliphatic carbocycles. The second-order valence-electron chi connectivity index (χ2n) is 5.34. The van der Waals surface area contributed by atoms with Crippen molar-refractivity contribution in [1.29, 1.82) is 0 Å². The molecular weight excluding hydrogens is 226 g/mol. The number of hydrogen-bond acceptors (Lipinski definition) is 3. The summed E-state index contributed by atoms with van der Waals surface area (Å²) in [5, 5.41) is 0. The van der Waals surface area contributed by atoms with E-state index >= 15 is 0 Å². The summed E-state index contributed by atoms with van der Waals surface area (Å²) < 4.78 is 0. The first-order valence-corrected chi connectivity index (χ1v) is 6.35. The minimum absolute atomic E-state index is 0.461. The summed E-state index contributed by atoms with van der Waals surface area (Å²) in [7, 11) is 1.99. The Morgan fingerprint density at radius 3 is 2.50 bits per heavy atom. The molecule has 4 nitrogen and oxygen atoms in total. The van der Waals surface area contributed by atoms with Crippen molar-refractivity contribution in [3.8, 4) is 0 Å². The Bertz CT molecular complexity index is 416. The molecule has 0 aliphatic heterocycles. The van der Waals surface area contributed by atoms with Crippen LogP contribution >= 0.6 is 0 Å². The Kier molecular flexibility index (Phi) is 3.68. The largest absolute Gasteiger partial charge is 0.368 e. The minimum atomic E-state index is -1.11. The van der Waals surface area contributed by atoms with Crippen LogP contribution in [-0.4, -0.2) is 30.9 Å². The lowest BCUT2D eigenvalue weighted by Gasteiger charge is -2.31. The van der Waals surface area contributed by atoms with E-state index in [-0.39, 0.29) is 0 Å². The van der Waals surface area contributed by atoms with Crippen molar-refractivity contribution < 1.29 is 4.79 Å². The van der Waals surface area contributed by atoms with E-state index in [2.05, 4.69) is 4.90 Å². The average molecular weight is 247 g/mol. The maximum Gasteiger partial charge on any atom is 0.243 e. The third-order valence-corrected chi connectivity index (χ3v) is 3.51. The van der Waals surface area contributed by atoms with Gasteiger partial charge in [0.25, 0.3) is 0 Å². The molecule has 1 fully saturated rings. The van der Waals surface area contributed by atoms with Crippen LogP contribution in [0, 0.1) is 5.92 Å². The Morgan fingerprint density at radius 2 is 2.00 bits per heavy atom. The van der Waals surface area contributed by atoms with Crippen molar-refractivity contribution in [2.75, 3.05) is 20.1 Å². The molecule has 1 unspecified atom stereocenters. The normalized spacial score (nSPS) is 18.6. The maximum atomic E-state index is 11.7. The molecule has 1 aliphatic rings. The first kappa shape index (κ1) is 13.1. The van der Waals surface area contributed by atoms with Crippen molar-refractivity contribution in [2.45, 2.75) is 18.4 Å². The number of nitrogens with two attached hydrogens (primary N) is 2. The minimum Gasteiger partial charge on any atom is -0.368 e. The predicted molar refractivity (Wildman–Crippen MR) is 71.7 cm³/mol. The first-order chi connectivity index (χ1) is 8.52. The monoisotopic (exact) mass is 247 g/mol. The van der Waals surface area contributed by atoms with Crippen LogP contribution in [0.15, 0.2) is 30.3 Å². The first-order valence-electron chi connectivity index (χ1n) is 6.35. The number of benzene rings is 1. The second kappa shape index (κ2) is 5.08. The lowest BCUT2D eigenvalue weighted by molar-refractivity contribution is -0.124.